The Hall–Kier alpha value is -2.94. The van der Waals surface area contributed by atoms with Crippen LogP contribution >= 0.6 is 0 Å². The van der Waals surface area contributed by atoms with Gasteiger partial charge in [0.15, 0.2) is 5.60 Å². The SMILES string of the molecule is CC1(O)CC2(C1)Oc1ccc(C(=O)NCC(O)CN3CCc4ccccc4C3)cc1NC2=O. The van der Waals surface area contributed by atoms with Gasteiger partial charge in [0.05, 0.1) is 17.4 Å². The summed E-state index contributed by atoms with van der Waals surface area (Å²) in [6.45, 7) is 3.96. The first-order valence-corrected chi connectivity index (χ1v) is 11.4. The second-order valence-electron chi connectivity index (χ2n) is 9.73. The number of nitrogens with one attached hydrogen (secondary N) is 2. The number of amides is 2. The van der Waals surface area contributed by atoms with E-state index in [4.69, 9.17) is 4.74 Å². The lowest BCUT2D eigenvalue weighted by atomic mass is 9.67. The average molecular weight is 452 g/mol. The van der Waals surface area contributed by atoms with Gasteiger partial charge < -0.3 is 25.6 Å². The van der Waals surface area contributed by atoms with Crippen LogP contribution in [0.1, 0.15) is 41.3 Å². The lowest BCUT2D eigenvalue weighted by Gasteiger charge is -2.51. The van der Waals surface area contributed by atoms with Crippen molar-refractivity contribution in [2.24, 2.45) is 0 Å². The summed E-state index contributed by atoms with van der Waals surface area (Å²) in [4.78, 5) is 27.3. The van der Waals surface area contributed by atoms with E-state index in [0.29, 0.717) is 23.5 Å². The van der Waals surface area contributed by atoms with Crippen LogP contribution in [0, 0.1) is 0 Å². The number of aliphatic hydroxyl groups excluding tert-OH is 1. The lowest BCUT2D eigenvalue weighted by molar-refractivity contribution is -0.174. The number of benzene rings is 2. The number of ether oxygens (including phenoxy) is 1. The molecule has 0 radical (unpaired) electrons. The van der Waals surface area contributed by atoms with Crippen molar-refractivity contribution in [1.82, 2.24) is 10.2 Å². The second-order valence-corrected chi connectivity index (χ2v) is 9.73. The first-order valence-electron chi connectivity index (χ1n) is 11.4. The molecule has 0 saturated heterocycles. The molecule has 4 N–H and O–H groups in total. The normalized spacial score (nSPS) is 26.9. The quantitative estimate of drug-likeness (QED) is 0.548. The van der Waals surface area contributed by atoms with Crippen molar-refractivity contribution >= 4 is 17.5 Å². The number of β-amino-alcohol motifs (C(OH)–C–C–N with tert-alkyl or cyclic N) is 1. The number of nitrogens with zero attached hydrogens (tertiary/aromatic N) is 1. The summed E-state index contributed by atoms with van der Waals surface area (Å²) < 4.78 is 5.90. The van der Waals surface area contributed by atoms with Crippen molar-refractivity contribution in [3.63, 3.8) is 0 Å². The monoisotopic (exact) mass is 451 g/mol. The summed E-state index contributed by atoms with van der Waals surface area (Å²) >= 11 is 0. The highest BCUT2D eigenvalue weighted by Crippen LogP contribution is 2.48. The van der Waals surface area contributed by atoms with Gasteiger partial charge in [0, 0.05) is 44.6 Å². The zero-order valence-electron chi connectivity index (χ0n) is 18.6. The van der Waals surface area contributed by atoms with Gasteiger partial charge in [-0.05, 0) is 42.7 Å². The number of hydrogen-bond donors (Lipinski definition) is 4. The Morgan fingerprint density at radius 1 is 1.24 bits per heavy atom. The molecule has 0 aromatic heterocycles. The van der Waals surface area contributed by atoms with Crippen molar-refractivity contribution < 1.29 is 24.5 Å². The number of hydrogen-bond acceptors (Lipinski definition) is 6. The summed E-state index contributed by atoms with van der Waals surface area (Å²) in [5.74, 6) is -0.161. The van der Waals surface area contributed by atoms with Gasteiger partial charge in [-0.1, -0.05) is 24.3 Å². The van der Waals surface area contributed by atoms with E-state index in [9.17, 15) is 19.8 Å². The Bertz CT molecular complexity index is 1090. The number of anilines is 1. The molecule has 0 bridgehead atoms. The number of carbonyl (C=O) groups is 2. The summed E-state index contributed by atoms with van der Waals surface area (Å²) in [6, 6.07) is 13.2. The fourth-order valence-corrected chi connectivity index (χ4v) is 5.15. The molecule has 2 aliphatic heterocycles. The molecule has 5 rings (SSSR count). The molecule has 1 aliphatic carbocycles. The number of fused-ring (bicyclic) bond motifs is 2. The summed E-state index contributed by atoms with van der Waals surface area (Å²) in [6.07, 6.45) is 0.727. The lowest BCUT2D eigenvalue weighted by Crippen LogP contribution is -2.65. The van der Waals surface area contributed by atoms with Crippen LogP contribution < -0.4 is 15.4 Å². The van der Waals surface area contributed by atoms with Crippen LogP contribution in [0.25, 0.3) is 0 Å². The molecule has 2 amide bonds. The van der Waals surface area contributed by atoms with E-state index in [1.165, 1.54) is 11.1 Å². The Morgan fingerprint density at radius 3 is 2.76 bits per heavy atom. The third-order valence-electron chi connectivity index (χ3n) is 6.72. The Morgan fingerprint density at radius 2 is 2.00 bits per heavy atom. The molecule has 174 valence electrons. The molecule has 2 aromatic carbocycles. The fourth-order valence-electron chi connectivity index (χ4n) is 5.15. The highest BCUT2D eigenvalue weighted by Gasteiger charge is 2.60. The number of rotatable bonds is 5. The minimum atomic E-state index is -1.04. The van der Waals surface area contributed by atoms with Crippen molar-refractivity contribution in [2.45, 2.75) is 50.0 Å². The van der Waals surface area contributed by atoms with Crippen LogP contribution in [0.5, 0.6) is 5.75 Å². The summed E-state index contributed by atoms with van der Waals surface area (Å²) in [7, 11) is 0. The second kappa shape index (κ2) is 8.13. The van der Waals surface area contributed by atoms with Gasteiger partial charge in [-0.15, -0.1) is 0 Å². The van der Waals surface area contributed by atoms with E-state index in [-0.39, 0.29) is 31.2 Å². The summed E-state index contributed by atoms with van der Waals surface area (Å²) in [5.41, 5.74) is 1.48. The van der Waals surface area contributed by atoms with Gasteiger partial charge in [0.1, 0.15) is 5.75 Å². The van der Waals surface area contributed by atoms with E-state index in [1.807, 2.05) is 12.1 Å². The first-order chi connectivity index (χ1) is 15.7. The predicted octanol–water partition coefficient (Wildman–Crippen LogP) is 1.45. The van der Waals surface area contributed by atoms with Gasteiger partial charge in [0.25, 0.3) is 11.8 Å². The smallest absolute Gasteiger partial charge is 0.268 e. The van der Waals surface area contributed by atoms with Crippen molar-refractivity contribution in [2.75, 3.05) is 25.0 Å². The van der Waals surface area contributed by atoms with Gasteiger partial charge in [-0.3, -0.25) is 14.5 Å². The number of carbonyl (C=O) groups excluding carboxylic acids is 2. The van der Waals surface area contributed by atoms with Crippen LogP contribution in [0.3, 0.4) is 0 Å². The van der Waals surface area contributed by atoms with Crippen molar-refractivity contribution in [3.05, 3.63) is 59.2 Å². The molecule has 33 heavy (non-hydrogen) atoms. The van der Waals surface area contributed by atoms with Crippen molar-refractivity contribution in [1.29, 1.82) is 0 Å². The Kier molecular flexibility index (Phi) is 5.39. The van der Waals surface area contributed by atoms with Gasteiger partial charge in [-0.2, -0.15) is 0 Å². The van der Waals surface area contributed by atoms with E-state index < -0.39 is 17.3 Å². The van der Waals surface area contributed by atoms with E-state index >= 15 is 0 Å². The molecule has 1 spiro atoms. The van der Waals surface area contributed by atoms with Crippen LogP contribution in [-0.2, 0) is 17.8 Å². The topological polar surface area (TPSA) is 111 Å². The Balaban J connectivity index is 1.15. The summed E-state index contributed by atoms with van der Waals surface area (Å²) in [5, 5.41) is 26.1. The third-order valence-corrected chi connectivity index (χ3v) is 6.72. The van der Waals surface area contributed by atoms with Gasteiger partial charge in [0.2, 0.25) is 0 Å². The molecule has 3 aliphatic rings. The zero-order valence-corrected chi connectivity index (χ0v) is 18.6. The van der Waals surface area contributed by atoms with Crippen LogP contribution in [0.2, 0.25) is 0 Å². The van der Waals surface area contributed by atoms with E-state index in [1.54, 1.807) is 25.1 Å². The van der Waals surface area contributed by atoms with Crippen molar-refractivity contribution in [3.8, 4) is 5.75 Å². The van der Waals surface area contributed by atoms with E-state index in [2.05, 4.69) is 27.7 Å². The molecule has 2 aromatic rings. The highest BCUT2D eigenvalue weighted by atomic mass is 16.5. The largest absolute Gasteiger partial charge is 0.475 e. The van der Waals surface area contributed by atoms with Crippen LogP contribution in [0.15, 0.2) is 42.5 Å². The first kappa shape index (κ1) is 21.9. The van der Waals surface area contributed by atoms with E-state index in [0.717, 1.165) is 19.5 Å². The molecule has 1 atom stereocenters. The average Bonchev–Trinajstić information content (AvgIpc) is 2.76. The van der Waals surface area contributed by atoms with Gasteiger partial charge >= 0.3 is 0 Å². The Labute approximate surface area is 192 Å². The molecular weight excluding hydrogens is 422 g/mol. The zero-order chi connectivity index (χ0) is 23.2. The maximum Gasteiger partial charge on any atom is 0.268 e. The maximum absolute atomic E-state index is 12.6. The predicted molar refractivity (Wildman–Crippen MR) is 122 cm³/mol. The fraction of sp³-hybridized carbons (Fsp3) is 0.440. The highest BCUT2D eigenvalue weighted by molar-refractivity contribution is 6.03. The van der Waals surface area contributed by atoms with Crippen LogP contribution in [0.4, 0.5) is 5.69 Å². The van der Waals surface area contributed by atoms with Crippen LogP contribution in [-0.4, -0.2) is 63.9 Å². The van der Waals surface area contributed by atoms with Gasteiger partial charge in [-0.25, -0.2) is 0 Å². The number of aliphatic hydroxyl groups is 2. The molecule has 2 heterocycles. The standard InChI is InChI=1S/C25H29N3O5/c1-24(32)14-25(15-24)23(31)27-20-10-17(6-7-21(20)33-25)22(30)26-11-19(29)13-28-9-8-16-4-2-3-5-18(16)12-28/h2-7,10,19,29,32H,8-9,11-15H2,1H3,(H,26,30)(H,27,31). The molecule has 1 unspecified atom stereocenters. The third kappa shape index (κ3) is 4.34. The minimum Gasteiger partial charge on any atom is -0.475 e. The molecule has 1 saturated carbocycles. The minimum absolute atomic E-state index is 0.134. The maximum atomic E-state index is 12.6. The molecule has 1 fully saturated rings. The molecular formula is C25H29N3O5. The molecule has 8 nitrogen and oxygen atoms in total. The molecule has 8 heteroatoms.